The van der Waals surface area contributed by atoms with Crippen LogP contribution in [-0.4, -0.2) is 47.1 Å². The monoisotopic (exact) mass is 373 g/mol. The number of fused-ring (bicyclic) bond motifs is 1. The van der Waals surface area contributed by atoms with Gasteiger partial charge in [0.05, 0.1) is 19.4 Å². The number of nitrogens with zero attached hydrogens (tertiary/aromatic N) is 3. The highest BCUT2D eigenvalue weighted by atomic mass is 32.2. The van der Waals surface area contributed by atoms with Crippen LogP contribution in [0.25, 0.3) is 16.9 Å². The molecule has 0 fully saturated rings. The van der Waals surface area contributed by atoms with E-state index in [0.29, 0.717) is 31.3 Å². The van der Waals surface area contributed by atoms with Gasteiger partial charge in [-0.3, -0.25) is 4.40 Å². The summed E-state index contributed by atoms with van der Waals surface area (Å²) in [7, 11) is 1.64. The van der Waals surface area contributed by atoms with Crippen molar-refractivity contribution in [2.45, 2.75) is 19.0 Å². The maximum Gasteiger partial charge on any atom is 0.174 e. The third kappa shape index (κ3) is 4.11. The first-order valence-electron chi connectivity index (χ1n) is 8.62. The van der Waals surface area contributed by atoms with E-state index in [1.807, 2.05) is 41.8 Å². The summed E-state index contributed by atoms with van der Waals surface area (Å²) < 4.78 is 18.5. The molecule has 0 spiro atoms. The zero-order valence-corrected chi connectivity index (χ0v) is 16.1. The van der Waals surface area contributed by atoms with Crippen LogP contribution >= 0.6 is 11.8 Å². The van der Waals surface area contributed by atoms with E-state index >= 15 is 0 Å². The first kappa shape index (κ1) is 18.5. The fraction of sp³-hybridized carbons (Fsp3) is 0.368. The first-order valence-corrected chi connectivity index (χ1v) is 9.61. The van der Waals surface area contributed by atoms with E-state index < -0.39 is 0 Å². The summed E-state index contributed by atoms with van der Waals surface area (Å²) in [6.07, 6.45) is 3.72. The molecule has 0 saturated heterocycles. The number of imidazole rings is 1. The first-order chi connectivity index (χ1) is 12.8. The minimum Gasteiger partial charge on any atom is -0.493 e. The highest BCUT2D eigenvalue weighted by molar-refractivity contribution is 7.99. The van der Waals surface area contributed by atoms with Gasteiger partial charge >= 0.3 is 0 Å². The van der Waals surface area contributed by atoms with Gasteiger partial charge in [0, 0.05) is 30.6 Å². The van der Waals surface area contributed by atoms with Gasteiger partial charge in [0.15, 0.2) is 16.7 Å². The van der Waals surface area contributed by atoms with Crippen LogP contribution < -0.4 is 9.47 Å². The number of ether oxygens (including phenoxy) is 3. The second-order valence-corrected chi connectivity index (χ2v) is 6.65. The van der Waals surface area contributed by atoms with E-state index in [4.69, 9.17) is 19.2 Å². The standard InChI is InChI=1S/C19H23N3O3S/c1-4-24-10-11-25-16-7-6-14(12-17(16)23-3)15-13-18-20-8-9-22(18)19(21-15)26-5-2/h6-9,12-13H,4-5,10-11H2,1-3H3. The molecule has 7 heteroatoms. The Morgan fingerprint density at radius 2 is 2.00 bits per heavy atom. The van der Waals surface area contributed by atoms with Crippen molar-refractivity contribution in [3.8, 4) is 22.8 Å². The summed E-state index contributed by atoms with van der Waals surface area (Å²) in [4.78, 5) is 9.20. The van der Waals surface area contributed by atoms with Gasteiger partial charge in [0.2, 0.25) is 0 Å². The van der Waals surface area contributed by atoms with E-state index in [0.717, 1.165) is 27.8 Å². The van der Waals surface area contributed by atoms with Crippen LogP contribution in [0, 0.1) is 0 Å². The predicted octanol–water partition coefficient (Wildman–Crippen LogP) is 3.93. The second-order valence-electron chi connectivity index (χ2n) is 5.42. The number of aromatic nitrogens is 3. The quantitative estimate of drug-likeness (QED) is 0.322. The highest BCUT2D eigenvalue weighted by Crippen LogP contribution is 2.33. The van der Waals surface area contributed by atoms with Gasteiger partial charge in [-0.05, 0) is 30.9 Å². The van der Waals surface area contributed by atoms with Gasteiger partial charge in [-0.15, -0.1) is 0 Å². The van der Waals surface area contributed by atoms with Gasteiger partial charge in [-0.1, -0.05) is 18.7 Å². The zero-order valence-electron chi connectivity index (χ0n) is 15.3. The van der Waals surface area contributed by atoms with Gasteiger partial charge in [-0.25, -0.2) is 9.97 Å². The molecule has 3 aromatic rings. The average molecular weight is 373 g/mol. The molecule has 0 aliphatic rings. The Bertz CT molecular complexity index is 866. The fourth-order valence-electron chi connectivity index (χ4n) is 2.57. The summed E-state index contributed by atoms with van der Waals surface area (Å²) in [5.74, 6) is 2.31. The number of hydrogen-bond donors (Lipinski definition) is 0. The number of thioether (sulfide) groups is 1. The third-order valence-corrected chi connectivity index (χ3v) is 4.61. The van der Waals surface area contributed by atoms with Crippen molar-refractivity contribution in [2.24, 2.45) is 0 Å². The SMILES string of the molecule is CCOCCOc1ccc(-c2cc3nccn3c(SCC)n2)cc1OC. The Balaban J connectivity index is 1.90. The molecule has 138 valence electrons. The number of hydrogen-bond acceptors (Lipinski definition) is 6. The lowest BCUT2D eigenvalue weighted by Gasteiger charge is -2.13. The molecular weight excluding hydrogens is 350 g/mol. The van der Waals surface area contributed by atoms with E-state index in [1.54, 1.807) is 25.1 Å². The predicted molar refractivity (Wildman–Crippen MR) is 103 cm³/mol. The zero-order chi connectivity index (χ0) is 18.4. The van der Waals surface area contributed by atoms with Crippen molar-refractivity contribution in [3.05, 3.63) is 36.7 Å². The Labute approximate surface area is 157 Å². The molecule has 0 unspecified atom stereocenters. The van der Waals surface area contributed by atoms with Crippen LogP contribution in [0.3, 0.4) is 0 Å². The molecule has 0 atom stereocenters. The van der Waals surface area contributed by atoms with Gasteiger partial charge in [-0.2, -0.15) is 0 Å². The summed E-state index contributed by atoms with van der Waals surface area (Å²) in [5, 5.41) is 0.925. The van der Waals surface area contributed by atoms with Gasteiger partial charge < -0.3 is 14.2 Å². The number of rotatable bonds is 9. The van der Waals surface area contributed by atoms with Crippen molar-refractivity contribution in [1.29, 1.82) is 0 Å². The lowest BCUT2D eigenvalue weighted by Crippen LogP contribution is -2.07. The van der Waals surface area contributed by atoms with Crippen LogP contribution in [0.5, 0.6) is 11.5 Å². The van der Waals surface area contributed by atoms with Crippen molar-refractivity contribution < 1.29 is 14.2 Å². The summed E-state index contributed by atoms with van der Waals surface area (Å²) >= 11 is 1.69. The largest absolute Gasteiger partial charge is 0.493 e. The lowest BCUT2D eigenvalue weighted by molar-refractivity contribution is 0.109. The minimum atomic E-state index is 0.485. The number of benzene rings is 1. The van der Waals surface area contributed by atoms with Gasteiger partial charge in [0.25, 0.3) is 0 Å². The molecule has 0 amide bonds. The molecule has 3 rings (SSSR count). The lowest BCUT2D eigenvalue weighted by atomic mass is 10.1. The molecule has 0 radical (unpaired) electrons. The molecule has 0 bridgehead atoms. The van der Waals surface area contributed by atoms with Crippen molar-refractivity contribution in [3.63, 3.8) is 0 Å². The molecular formula is C19H23N3O3S. The Morgan fingerprint density at radius 3 is 2.77 bits per heavy atom. The average Bonchev–Trinajstić information content (AvgIpc) is 3.14. The van der Waals surface area contributed by atoms with Crippen LogP contribution in [-0.2, 0) is 4.74 Å². The fourth-order valence-corrected chi connectivity index (χ4v) is 3.29. The van der Waals surface area contributed by atoms with E-state index in [1.165, 1.54) is 0 Å². The molecule has 6 nitrogen and oxygen atoms in total. The number of methoxy groups -OCH3 is 1. The van der Waals surface area contributed by atoms with Crippen LogP contribution in [0.2, 0.25) is 0 Å². The highest BCUT2D eigenvalue weighted by Gasteiger charge is 2.12. The van der Waals surface area contributed by atoms with Crippen LogP contribution in [0.1, 0.15) is 13.8 Å². The van der Waals surface area contributed by atoms with Crippen LogP contribution in [0.15, 0.2) is 41.8 Å². The molecule has 0 saturated carbocycles. The Morgan fingerprint density at radius 1 is 1.12 bits per heavy atom. The van der Waals surface area contributed by atoms with Crippen LogP contribution in [0.4, 0.5) is 0 Å². The minimum absolute atomic E-state index is 0.485. The molecule has 26 heavy (non-hydrogen) atoms. The maximum atomic E-state index is 5.75. The molecule has 0 aliphatic heterocycles. The molecule has 0 aliphatic carbocycles. The second kappa shape index (κ2) is 8.91. The van der Waals surface area contributed by atoms with Crippen molar-refractivity contribution >= 4 is 17.4 Å². The summed E-state index contributed by atoms with van der Waals surface area (Å²) in [6, 6.07) is 7.81. The third-order valence-electron chi connectivity index (χ3n) is 3.78. The van der Waals surface area contributed by atoms with E-state index in [2.05, 4.69) is 11.9 Å². The normalized spacial score (nSPS) is 11.0. The Hall–Kier alpha value is -2.25. The summed E-state index contributed by atoms with van der Waals surface area (Å²) in [6.45, 7) is 5.79. The molecule has 0 N–H and O–H groups in total. The van der Waals surface area contributed by atoms with E-state index in [9.17, 15) is 0 Å². The molecule has 2 aromatic heterocycles. The maximum absolute atomic E-state index is 5.75. The Kier molecular flexibility index (Phi) is 6.35. The molecule has 2 heterocycles. The summed E-state index contributed by atoms with van der Waals surface area (Å²) in [5.41, 5.74) is 2.70. The van der Waals surface area contributed by atoms with E-state index in [-0.39, 0.29) is 0 Å². The topological polar surface area (TPSA) is 57.9 Å². The van der Waals surface area contributed by atoms with Gasteiger partial charge in [0.1, 0.15) is 12.3 Å². The smallest absolute Gasteiger partial charge is 0.174 e. The van der Waals surface area contributed by atoms with Crippen molar-refractivity contribution in [2.75, 3.05) is 32.7 Å². The van der Waals surface area contributed by atoms with Crippen molar-refractivity contribution in [1.82, 2.24) is 14.4 Å². The molecule has 1 aromatic carbocycles.